The van der Waals surface area contributed by atoms with E-state index in [1.54, 1.807) is 11.0 Å². The maximum absolute atomic E-state index is 13.7. The molecular formula is C23H31ClN4O7S2. The minimum atomic E-state index is -4.09. The van der Waals surface area contributed by atoms with E-state index in [0.29, 0.717) is 37.6 Å². The minimum absolute atomic E-state index is 0.0919. The Kier molecular flexibility index (Phi) is 9.89. The lowest BCUT2D eigenvalue weighted by Crippen LogP contribution is -2.48. The molecule has 2 aromatic rings. The number of piperazine rings is 1. The van der Waals surface area contributed by atoms with Crippen molar-refractivity contribution in [3.05, 3.63) is 63.2 Å². The maximum atomic E-state index is 13.7. The fourth-order valence-electron chi connectivity index (χ4n) is 4.17. The molecule has 0 aliphatic carbocycles. The first kappa shape index (κ1) is 29.3. The van der Waals surface area contributed by atoms with E-state index in [1.165, 1.54) is 16.4 Å². The van der Waals surface area contributed by atoms with Crippen molar-refractivity contribution in [2.24, 2.45) is 0 Å². The summed E-state index contributed by atoms with van der Waals surface area (Å²) in [5.74, 6) is 0. The largest absolute Gasteiger partial charge is 0.368 e. The van der Waals surface area contributed by atoms with Gasteiger partial charge in [-0.1, -0.05) is 30.7 Å². The molecule has 1 saturated heterocycles. The summed E-state index contributed by atoms with van der Waals surface area (Å²) in [4.78, 5) is 14.4. The summed E-state index contributed by atoms with van der Waals surface area (Å²) in [6, 6.07) is 11.2. The molecule has 0 saturated carbocycles. The van der Waals surface area contributed by atoms with Crippen LogP contribution < -0.4 is 4.90 Å². The summed E-state index contributed by atoms with van der Waals surface area (Å²) in [5, 5.41) is 12.1. The van der Waals surface area contributed by atoms with Crippen LogP contribution in [0.4, 0.5) is 11.4 Å². The minimum Gasteiger partial charge on any atom is -0.368 e. The van der Waals surface area contributed by atoms with Gasteiger partial charge in [0.15, 0.2) is 0 Å². The van der Waals surface area contributed by atoms with Gasteiger partial charge in [-0.05, 0) is 30.2 Å². The summed E-state index contributed by atoms with van der Waals surface area (Å²) in [7, 11) is -7.76. The highest BCUT2D eigenvalue weighted by Crippen LogP contribution is 2.32. The van der Waals surface area contributed by atoms with Crippen molar-refractivity contribution in [2.75, 3.05) is 57.0 Å². The SMILES string of the molecule is CCCN(CCOS(C)(=O)=O)c1ccc([N+](=O)[O-])cc1S(=O)(=O)N1CCN(Cc2cccc(Cl)c2)CC1. The molecule has 0 bridgehead atoms. The lowest BCUT2D eigenvalue weighted by atomic mass is 10.2. The number of anilines is 1. The molecule has 2 aromatic carbocycles. The van der Waals surface area contributed by atoms with E-state index >= 15 is 0 Å². The van der Waals surface area contributed by atoms with Gasteiger partial charge in [0.25, 0.3) is 15.8 Å². The van der Waals surface area contributed by atoms with Crippen LogP contribution in [0.25, 0.3) is 0 Å². The fraction of sp³-hybridized carbons (Fsp3) is 0.478. The van der Waals surface area contributed by atoms with Gasteiger partial charge in [-0.3, -0.25) is 19.2 Å². The van der Waals surface area contributed by atoms with Gasteiger partial charge in [0.2, 0.25) is 10.0 Å². The van der Waals surface area contributed by atoms with Crippen molar-refractivity contribution in [1.82, 2.24) is 9.21 Å². The summed E-state index contributed by atoms with van der Waals surface area (Å²) in [6.45, 7) is 4.23. The lowest BCUT2D eigenvalue weighted by Gasteiger charge is -2.35. The molecule has 0 aromatic heterocycles. The molecule has 0 unspecified atom stereocenters. The van der Waals surface area contributed by atoms with Crippen LogP contribution in [0.2, 0.25) is 5.02 Å². The number of non-ortho nitro benzene ring substituents is 1. The second-order valence-corrected chi connectivity index (χ2v) is 12.7. The molecule has 0 spiro atoms. The van der Waals surface area contributed by atoms with E-state index in [9.17, 15) is 26.9 Å². The van der Waals surface area contributed by atoms with E-state index in [4.69, 9.17) is 15.8 Å². The quantitative estimate of drug-likeness (QED) is 0.213. The van der Waals surface area contributed by atoms with Gasteiger partial charge in [0.05, 0.1) is 23.5 Å². The third-order valence-corrected chi connectivity index (χ3v) is 8.65. The van der Waals surface area contributed by atoms with Gasteiger partial charge < -0.3 is 4.90 Å². The van der Waals surface area contributed by atoms with E-state index in [1.807, 2.05) is 25.1 Å². The summed E-state index contributed by atoms with van der Waals surface area (Å²) >= 11 is 6.07. The molecule has 204 valence electrons. The van der Waals surface area contributed by atoms with Crippen LogP contribution in [-0.2, 0) is 30.9 Å². The highest BCUT2D eigenvalue weighted by molar-refractivity contribution is 7.89. The Morgan fingerprint density at radius 2 is 1.76 bits per heavy atom. The van der Waals surface area contributed by atoms with Crippen molar-refractivity contribution in [3.8, 4) is 0 Å². The van der Waals surface area contributed by atoms with Crippen LogP contribution in [0.1, 0.15) is 18.9 Å². The zero-order valence-electron chi connectivity index (χ0n) is 20.7. The van der Waals surface area contributed by atoms with Crippen LogP contribution >= 0.6 is 11.6 Å². The molecule has 3 rings (SSSR count). The second-order valence-electron chi connectivity index (χ2n) is 8.73. The van der Waals surface area contributed by atoms with Crippen molar-refractivity contribution in [1.29, 1.82) is 0 Å². The lowest BCUT2D eigenvalue weighted by molar-refractivity contribution is -0.385. The molecular weight excluding hydrogens is 544 g/mol. The highest BCUT2D eigenvalue weighted by atomic mass is 35.5. The molecule has 0 atom stereocenters. The number of nitro benzene ring substituents is 1. The van der Waals surface area contributed by atoms with Gasteiger partial charge in [0, 0.05) is 63.0 Å². The van der Waals surface area contributed by atoms with Crippen molar-refractivity contribution in [2.45, 2.75) is 24.8 Å². The van der Waals surface area contributed by atoms with Gasteiger partial charge >= 0.3 is 0 Å². The zero-order valence-corrected chi connectivity index (χ0v) is 23.1. The van der Waals surface area contributed by atoms with Crippen molar-refractivity contribution < 1.29 is 25.9 Å². The molecule has 0 radical (unpaired) electrons. The van der Waals surface area contributed by atoms with Gasteiger partial charge in [-0.25, -0.2) is 8.42 Å². The molecule has 37 heavy (non-hydrogen) atoms. The monoisotopic (exact) mass is 574 g/mol. The summed E-state index contributed by atoms with van der Waals surface area (Å²) < 4.78 is 56.5. The predicted octanol–water partition coefficient (Wildman–Crippen LogP) is 2.95. The van der Waals surface area contributed by atoms with Crippen LogP contribution in [-0.4, -0.2) is 83.1 Å². The van der Waals surface area contributed by atoms with Crippen molar-refractivity contribution >= 4 is 43.1 Å². The van der Waals surface area contributed by atoms with Gasteiger partial charge in [0.1, 0.15) is 4.90 Å². The fourth-order valence-corrected chi connectivity index (χ4v) is 6.41. The number of sulfonamides is 1. The van der Waals surface area contributed by atoms with E-state index in [-0.39, 0.29) is 42.5 Å². The topological polar surface area (TPSA) is 130 Å². The summed E-state index contributed by atoms with van der Waals surface area (Å²) in [6.07, 6.45) is 1.57. The second kappa shape index (κ2) is 12.5. The van der Waals surface area contributed by atoms with Crippen LogP contribution in [0.3, 0.4) is 0 Å². The zero-order chi connectivity index (χ0) is 27.2. The normalized spacial score (nSPS) is 15.5. The first-order chi connectivity index (χ1) is 17.4. The number of rotatable bonds is 12. The van der Waals surface area contributed by atoms with Crippen molar-refractivity contribution in [3.63, 3.8) is 0 Å². The van der Waals surface area contributed by atoms with Gasteiger partial charge in [-0.15, -0.1) is 0 Å². The smallest absolute Gasteiger partial charge is 0.270 e. The number of nitrogens with zero attached hydrogens (tertiary/aromatic N) is 4. The van der Waals surface area contributed by atoms with Crippen LogP contribution in [0, 0.1) is 10.1 Å². The Morgan fingerprint density at radius 1 is 1.05 bits per heavy atom. The summed E-state index contributed by atoms with van der Waals surface area (Å²) in [5.41, 5.74) is 0.952. The molecule has 14 heteroatoms. The molecule has 0 N–H and O–H groups in total. The maximum Gasteiger partial charge on any atom is 0.270 e. The average Bonchev–Trinajstić information content (AvgIpc) is 2.83. The molecule has 1 aliphatic rings. The standard InChI is InChI=1S/C23H31ClN4O7S2/c1-3-9-26(14-15-35-36(2,31)32)22-8-7-21(28(29)30)17-23(22)37(33,34)27-12-10-25(11-13-27)18-19-5-4-6-20(24)16-19/h4-8,16-17H,3,9-15,18H2,1-2H3. The third kappa shape index (κ3) is 8.09. The van der Waals surface area contributed by atoms with E-state index in [2.05, 4.69) is 4.90 Å². The Bertz CT molecular complexity index is 1310. The number of hydrogen-bond acceptors (Lipinski definition) is 9. The Labute approximate surface area is 222 Å². The number of benzene rings is 2. The first-order valence-corrected chi connectivity index (χ1v) is 15.4. The van der Waals surface area contributed by atoms with E-state index in [0.717, 1.165) is 17.9 Å². The predicted molar refractivity (Wildman–Crippen MR) is 142 cm³/mol. The highest BCUT2D eigenvalue weighted by Gasteiger charge is 2.33. The van der Waals surface area contributed by atoms with E-state index < -0.39 is 25.1 Å². The molecule has 0 amide bonds. The Hall–Kier alpha value is -2.29. The molecule has 1 heterocycles. The number of halogens is 1. The molecule has 1 aliphatic heterocycles. The first-order valence-electron chi connectivity index (χ1n) is 11.8. The average molecular weight is 575 g/mol. The molecule has 1 fully saturated rings. The Morgan fingerprint density at radius 3 is 2.35 bits per heavy atom. The third-order valence-electron chi connectivity index (χ3n) is 5.89. The number of nitro groups is 1. The molecule has 11 nitrogen and oxygen atoms in total. The Balaban J connectivity index is 1.84. The van der Waals surface area contributed by atoms with Gasteiger partial charge in [-0.2, -0.15) is 12.7 Å². The van der Waals surface area contributed by atoms with Crippen LogP contribution in [0.15, 0.2) is 47.4 Å². The van der Waals surface area contributed by atoms with Crippen LogP contribution in [0.5, 0.6) is 0 Å². The number of hydrogen-bond donors (Lipinski definition) is 0.